The number of hydrogen-bond acceptors (Lipinski definition) is 9. The van der Waals surface area contributed by atoms with Crippen molar-refractivity contribution in [3.8, 4) is 5.75 Å². The normalized spacial score (nSPS) is 22.0. The minimum absolute atomic E-state index is 0.132. The molecule has 12 nitrogen and oxygen atoms in total. The average Bonchev–Trinajstić information content (AvgIpc) is 3.26. The van der Waals surface area contributed by atoms with Gasteiger partial charge in [-0.05, 0) is 51.3 Å². The molecule has 4 unspecified atom stereocenters. The summed E-state index contributed by atoms with van der Waals surface area (Å²) in [4.78, 5) is 39.0. The van der Waals surface area contributed by atoms with E-state index in [1.165, 1.54) is 38.3 Å². The number of rotatable bonds is 12. The zero-order valence-electron chi connectivity index (χ0n) is 22.5. The smallest absolute Gasteiger partial charge is 0.461 e. The number of hydrogen-bond donors (Lipinski definition) is 3. The monoisotopic (exact) mass is 581 g/mol. The minimum atomic E-state index is -4.35. The fourth-order valence-electron chi connectivity index (χ4n) is 3.71. The molecular formula is C26H33FN3O9P. The molecule has 5 atom stereocenters. The van der Waals surface area contributed by atoms with Gasteiger partial charge in [-0.25, -0.2) is 13.8 Å². The number of halogens is 1. The SMILES string of the molecule is COC(=O)[C@H](C)NP(=O)(Oc1ccccc1)OC1OC(n2cc(/C=C/CCC(C)=C(C)F)c(=O)[nH]c2=O)CC1O. The van der Waals surface area contributed by atoms with E-state index in [4.69, 9.17) is 13.8 Å². The van der Waals surface area contributed by atoms with E-state index in [9.17, 15) is 28.4 Å². The number of para-hydroxylation sites is 1. The Morgan fingerprint density at radius 2 is 2.02 bits per heavy atom. The van der Waals surface area contributed by atoms with E-state index in [0.29, 0.717) is 18.4 Å². The number of aliphatic hydroxyl groups is 1. The van der Waals surface area contributed by atoms with Crippen molar-refractivity contribution in [2.75, 3.05) is 7.11 Å². The van der Waals surface area contributed by atoms with Crippen molar-refractivity contribution in [2.45, 2.75) is 64.7 Å². The van der Waals surface area contributed by atoms with Crippen molar-refractivity contribution in [1.29, 1.82) is 0 Å². The highest BCUT2D eigenvalue weighted by molar-refractivity contribution is 7.52. The van der Waals surface area contributed by atoms with E-state index in [-0.39, 0.29) is 23.6 Å². The highest BCUT2D eigenvalue weighted by Crippen LogP contribution is 2.48. The van der Waals surface area contributed by atoms with Gasteiger partial charge in [-0.3, -0.25) is 23.7 Å². The number of aromatic amines is 1. The van der Waals surface area contributed by atoms with E-state index in [2.05, 4.69) is 14.8 Å². The van der Waals surface area contributed by atoms with Gasteiger partial charge >= 0.3 is 19.4 Å². The molecule has 40 heavy (non-hydrogen) atoms. The summed E-state index contributed by atoms with van der Waals surface area (Å²) in [5.74, 6) is -0.847. The second-order valence-corrected chi connectivity index (χ2v) is 10.8. The van der Waals surface area contributed by atoms with Crippen molar-refractivity contribution >= 4 is 19.8 Å². The summed E-state index contributed by atoms with van der Waals surface area (Å²) in [6.07, 6.45) is 1.21. The summed E-state index contributed by atoms with van der Waals surface area (Å²) in [6.45, 7) is 4.43. The lowest BCUT2D eigenvalue weighted by atomic mass is 10.1. The summed E-state index contributed by atoms with van der Waals surface area (Å²) in [7, 11) is -3.19. The first-order chi connectivity index (χ1) is 18.9. The summed E-state index contributed by atoms with van der Waals surface area (Å²) in [5, 5.41) is 13.1. The van der Waals surface area contributed by atoms with Crippen LogP contribution in [-0.4, -0.2) is 46.2 Å². The van der Waals surface area contributed by atoms with Crippen LogP contribution in [0.4, 0.5) is 4.39 Å². The quantitative estimate of drug-likeness (QED) is 0.250. The van der Waals surface area contributed by atoms with Crippen LogP contribution >= 0.6 is 7.75 Å². The predicted molar refractivity (Wildman–Crippen MR) is 144 cm³/mol. The number of nitrogens with one attached hydrogen (secondary N) is 2. The first kappa shape index (κ1) is 31.2. The molecule has 1 aromatic carbocycles. The van der Waals surface area contributed by atoms with Crippen LogP contribution < -0.4 is 20.9 Å². The standard InChI is InChI=1S/C26H33FN3O9P/c1-16(17(2)27)10-8-9-11-19-15-30(26(34)28-23(19)32)22-14-21(31)25(37-22)39-40(35,29-18(3)24(33)36-4)38-20-12-6-5-7-13-20/h5-7,9,11-13,15,18,21-22,25,31H,8,10,14H2,1-4H3,(H,29,35)(H,28,32,34)/b11-9+,17-16?/t18-,21?,22?,25?,40?/m0/s1. The number of aliphatic hydroxyl groups excluding tert-OH is 1. The van der Waals surface area contributed by atoms with E-state index in [1.54, 1.807) is 31.2 Å². The summed E-state index contributed by atoms with van der Waals surface area (Å²) in [6, 6.07) is 6.90. The van der Waals surface area contributed by atoms with Crippen LogP contribution in [0.25, 0.3) is 6.08 Å². The number of allylic oxidation sites excluding steroid dienone is 3. The molecule has 1 aliphatic rings. The molecule has 0 radical (unpaired) electrons. The molecule has 0 amide bonds. The topological polar surface area (TPSA) is 158 Å². The Bertz CT molecular complexity index is 1400. The van der Waals surface area contributed by atoms with Crippen molar-refractivity contribution in [3.05, 3.63) is 80.4 Å². The van der Waals surface area contributed by atoms with Crippen LogP contribution in [0.2, 0.25) is 0 Å². The molecule has 2 heterocycles. The number of benzene rings is 1. The molecule has 1 fully saturated rings. The first-order valence-electron chi connectivity index (χ1n) is 12.5. The Kier molecular flexibility index (Phi) is 10.8. The Morgan fingerprint density at radius 3 is 2.67 bits per heavy atom. The van der Waals surface area contributed by atoms with Gasteiger partial charge in [-0.2, -0.15) is 5.09 Å². The van der Waals surface area contributed by atoms with Gasteiger partial charge in [0.2, 0.25) is 0 Å². The van der Waals surface area contributed by atoms with Gasteiger partial charge in [-0.1, -0.05) is 30.4 Å². The maximum atomic E-state index is 13.7. The molecule has 3 N–H and O–H groups in total. The third kappa shape index (κ3) is 8.33. The predicted octanol–water partition coefficient (Wildman–Crippen LogP) is 3.55. The molecule has 0 bridgehead atoms. The number of methoxy groups -OCH3 is 1. The lowest BCUT2D eigenvalue weighted by Gasteiger charge is -2.26. The molecule has 218 valence electrons. The number of aromatic nitrogens is 2. The Morgan fingerprint density at radius 1 is 1.32 bits per heavy atom. The average molecular weight is 582 g/mol. The van der Waals surface area contributed by atoms with Gasteiger partial charge in [0.1, 0.15) is 24.1 Å². The van der Waals surface area contributed by atoms with Gasteiger partial charge in [0.25, 0.3) is 5.56 Å². The summed E-state index contributed by atoms with van der Waals surface area (Å²) < 4.78 is 49.4. The molecule has 1 saturated heterocycles. The van der Waals surface area contributed by atoms with Gasteiger partial charge in [0, 0.05) is 12.6 Å². The third-order valence-corrected chi connectivity index (χ3v) is 7.68. The zero-order valence-corrected chi connectivity index (χ0v) is 23.4. The van der Waals surface area contributed by atoms with Gasteiger partial charge in [0.15, 0.2) is 6.29 Å². The number of carbonyl (C=O) groups is 1. The zero-order chi connectivity index (χ0) is 29.4. The molecule has 1 aliphatic heterocycles. The lowest BCUT2D eigenvalue weighted by molar-refractivity contribution is -0.143. The fraction of sp³-hybridized carbons (Fsp3) is 0.423. The Labute approximate surface area is 230 Å². The Balaban J connectivity index is 1.80. The van der Waals surface area contributed by atoms with Crippen LogP contribution in [-0.2, 0) is 23.4 Å². The van der Waals surface area contributed by atoms with Crippen molar-refractivity contribution in [3.63, 3.8) is 0 Å². The first-order valence-corrected chi connectivity index (χ1v) is 14.0. The maximum absolute atomic E-state index is 13.7. The van der Waals surface area contributed by atoms with E-state index < -0.39 is 49.6 Å². The number of esters is 1. The van der Waals surface area contributed by atoms with Crippen molar-refractivity contribution < 1.29 is 37.4 Å². The highest BCUT2D eigenvalue weighted by atomic mass is 31.2. The molecule has 2 aromatic rings. The molecule has 0 spiro atoms. The van der Waals surface area contributed by atoms with Crippen LogP contribution in [0, 0.1) is 0 Å². The molecule has 0 aliphatic carbocycles. The maximum Gasteiger partial charge on any atom is 0.461 e. The second kappa shape index (κ2) is 13.8. The summed E-state index contributed by atoms with van der Waals surface area (Å²) >= 11 is 0. The number of nitrogens with zero attached hydrogens (tertiary/aromatic N) is 1. The van der Waals surface area contributed by atoms with Gasteiger partial charge in [0.05, 0.1) is 18.5 Å². The number of ether oxygens (including phenoxy) is 2. The minimum Gasteiger partial charge on any atom is -0.468 e. The molecular weight excluding hydrogens is 548 g/mol. The van der Waals surface area contributed by atoms with E-state index >= 15 is 0 Å². The second-order valence-electron chi connectivity index (χ2n) is 9.15. The lowest BCUT2D eigenvalue weighted by Crippen LogP contribution is -2.37. The molecule has 1 aromatic heterocycles. The molecule has 3 rings (SSSR count). The van der Waals surface area contributed by atoms with Gasteiger partial charge < -0.3 is 19.1 Å². The number of H-pyrrole nitrogens is 1. The largest absolute Gasteiger partial charge is 0.468 e. The summed E-state index contributed by atoms with van der Waals surface area (Å²) in [5.41, 5.74) is -0.716. The van der Waals surface area contributed by atoms with Crippen LogP contribution in [0.5, 0.6) is 5.75 Å². The van der Waals surface area contributed by atoms with Crippen LogP contribution in [0.3, 0.4) is 0 Å². The number of carbonyl (C=O) groups excluding carboxylic acids is 1. The highest BCUT2D eigenvalue weighted by Gasteiger charge is 2.43. The molecule has 0 saturated carbocycles. The van der Waals surface area contributed by atoms with Crippen LogP contribution in [0.1, 0.15) is 51.8 Å². The van der Waals surface area contributed by atoms with Gasteiger partial charge in [-0.15, -0.1) is 0 Å². The fourth-order valence-corrected chi connectivity index (χ4v) is 5.31. The Hall–Kier alpha value is -3.35. The van der Waals surface area contributed by atoms with Crippen molar-refractivity contribution in [1.82, 2.24) is 14.6 Å². The van der Waals surface area contributed by atoms with Crippen LogP contribution in [0.15, 0.2) is 63.6 Å². The third-order valence-electron chi connectivity index (χ3n) is 6.04. The van der Waals surface area contributed by atoms with Crippen molar-refractivity contribution in [2.24, 2.45) is 0 Å². The van der Waals surface area contributed by atoms with E-state index in [0.717, 1.165) is 11.7 Å². The molecule has 14 heteroatoms. The van der Waals surface area contributed by atoms with E-state index in [1.807, 2.05) is 0 Å².